The average Bonchev–Trinajstić information content (AvgIpc) is 2.62. The summed E-state index contributed by atoms with van der Waals surface area (Å²) in [5.41, 5.74) is 1.14. The van der Waals surface area contributed by atoms with Gasteiger partial charge in [-0.15, -0.1) is 5.10 Å². The maximum absolute atomic E-state index is 12.8. The number of hydrogen-bond acceptors (Lipinski definition) is 6. The van der Waals surface area contributed by atoms with Gasteiger partial charge < -0.3 is 15.4 Å². The summed E-state index contributed by atoms with van der Waals surface area (Å²) in [6.07, 6.45) is -3.03. The van der Waals surface area contributed by atoms with Gasteiger partial charge in [-0.1, -0.05) is 12.1 Å². The number of aromatic nitrogens is 3. The minimum Gasteiger partial charge on any atom is -0.495 e. The molecule has 6 nitrogen and oxygen atoms in total. The number of nitrogens with one attached hydrogen (secondary N) is 2. The van der Waals surface area contributed by atoms with E-state index < -0.39 is 11.7 Å². The standard InChI is InChI=1S/C18H16F3N5O/c1-11-6-7-15(27-2)14(8-11)24-16-10-22-26-17(25-16)23-13-5-3-4-12(9-13)18(19,20)21/h3-10H,1-2H3,(H2,23,24,25,26). The van der Waals surface area contributed by atoms with Crippen LogP contribution in [0.25, 0.3) is 0 Å². The summed E-state index contributed by atoms with van der Waals surface area (Å²) in [6, 6.07) is 10.4. The molecule has 140 valence electrons. The number of aryl methyl sites for hydroxylation is 1. The van der Waals surface area contributed by atoms with Crippen molar-refractivity contribution in [2.24, 2.45) is 0 Å². The van der Waals surface area contributed by atoms with E-state index in [1.165, 1.54) is 18.3 Å². The van der Waals surface area contributed by atoms with E-state index in [9.17, 15) is 13.2 Å². The number of nitrogens with zero attached hydrogens (tertiary/aromatic N) is 3. The summed E-state index contributed by atoms with van der Waals surface area (Å²) in [5.74, 6) is 1.04. The summed E-state index contributed by atoms with van der Waals surface area (Å²) in [6.45, 7) is 1.93. The van der Waals surface area contributed by atoms with Crippen LogP contribution in [0.2, 0.25) is 0 Å². The lowest BCUT2D eigenvalue weighted by molar-refractivity contribution is -0.137. The largest absolute Gasteiger partial charge is 0.495 e. The summed E-state index contributed by atoms with van der Waals surface area (Å²) in [4.78, 5) is 4.23. The number of halogens is 3. The van der Waals surface area contributed by atoms with Crippen molar-refractivity contribution in [3.8, 4) is 5.75 Å². The predicted molar refractivity (Wildman–Crippen MR) is 95.6 cm³/mol. The van der Waals surface area contributed by atoms with E-state index >= 15 is 0 Å². The van der Waals surface area contributed by atoms with Crippen molar-refractivity contribution in [2.45, 2.75) is 13.1 Å². The molecule has 0 aliphatic heterocycles. The molecule has 0 radical (unpaired) electrons. The van der Waals surface area contributed by atoms with Crippen LogP contribution in [-0.4, -0.2) is 22.3 Å². The molecule has 0 aliphatic carbocycles. The number of methoxy groups -OCH3 is 1. The van der Waals surface area contributed by atoms with Crippen molar-refractivity contribution >= 4 is 23.1 Å². The Hall–Kier alpha value is -3.36. The molecule has 9 heteroatoms. The monoisotopic (exact) mass is 375 g/mol. The zero-order valence-electron chi connectivity index (χ0n) is 14.5. The Morgan fingerprint density at radius 2 is 1.85 bits per heavy atom. The van der Waals surface area contributed by atoms with Crippen LogP contribution in [0.4, 0.5) is 36.3 Å². The van der Waals surface area contributed by atoms with Gasteiger partial charge in [-0.2, -0.15) is 23.3 Å². The van der Waals surface area contributed by atoms with Gasteiger partial charge in [-0.25, -0.2) is 0 Å². The van der Waals surface area contributed by atoms with Crippen LogP contribution in [0.1, 0.15) is 11.1 Å². The first-order valence-corrected chi connectivity index (χ1v) is 7.91. The fraction of sp³-hybridized carbons (Fsp3) is 0.167. The third-order valence-corrected chi connectivity index (χ3v) is 3.62. The smallest absolute Gasteiger partial charge is 0.416 e. The lowest BCUT2D eigenvalue weighted by Crippen LogP contribution is -2.06. The summed E-state index contributed by atoms with van der Waals surface area (Å²) in [5, 5.41) is 13.4. The number of anilines is 4. The van der Waals surface area contributed by atoms with Gasteiger partial charge in [-0.3, -0.25) is 0 Å². The second kappa shape index (κ2) is 7.48. The van der Waals surface area contributed by atoms with E-state index in [1.54, 1.807) is 7.11 Å². The number of benzene rings is 2. The Balaban J connectivity index is 1.82. The first kappa shape index (κ1) is 18.4. The lowest BCUT2D eigenvalue weighted by atomic mass is 10.2. The Morgan fingerprint density at radius 1 is 1.04 bits per heavy atom. The fourth-order valence-electron chi connectivity index (χ4n) is 2.38. The van der Waals surface area contributed by atoms with Gasteiger partial charge in [0, 0.05) is 5.69 Å². The molecule has 0 saturated heterocycles. The van der Waals surface area contributed by atoms with Crippen LogP contribution in [0, 0.1) is 6.92 Å². The molecule has 27 heavy (non-hydrogen) atoms. The normalized spacial score (nSPS) is 11.1. The van der Waals surface area contributed by atoms with Crippen LogP contribution in [-0.2, 0) is 6.18 Å². The molecule has 0 amide bonds. The molecule has 3 aromatic rings. The van der Waals surface area contributed by atoms with E-state index in [0.717, 1.165) is 17.7 Å². The maximum atomic E-state index is 12.8. The van der Waals surface area contributed by atoms with Crippen molar-refractivity contribution < 1.29 is 17.9 Å². The van der Waals surface area contributed by atoms with Crippen LogP contribution in [0.3, 0.4) is 0 Å². The fourth-order valence-corrected chi connectivity index (χ4v) is 2.38. The van der Waals surface area contributed by atoms with Gasteiger partial charge in [0.05, 0.1) is 24.6 Å². The third-order valence-electron chi connectivity index (χ3n) is 3.62. The molecular weight excluding hydrogens is 359 g/mol. The maximum Gasteiger partial charge on any atom is 0.416 e. The van der Waals surface area contributed by atoms with Gasteiger partial charge in [-0.05, 0) is 42.8 Å². The van der Waals surface area contributed by atoms with Gasteiger partial charge in [0.2, 0.25) is 5.95 Å². The molecular formula is C18H16F3N5O. The van der Waals surface area contributed by atoms with Crippen LogP contribution in [0.5, 0.6) is 5.75 Å². The molecule has 0 aliphatic rings. The molecule has 1 aromatic heterocycles. The van der Waals surface area contributed by atoms with Crippen LogP contribution in [0.15, 0.2) is 48.7 Å². The van der Waals surface area contributed by atoms with Crippen molar-refractivity contribution in [1.82, 2.24) is 15.2 Å². The third kappa shape index (κ3) is 4.63. The number of ether oxygens (including phenoxy) is 1. The van der Waals surface area contributed by atoms with E-state index in [1.807, 2.05) is 25.1 Å². The Morgan fingerprint density at radius 3 is 2.59 bits per heavy atom. The first-order valence-electron chi connectivity index (χ1n) is 7.91. The molecule has 2 N–H and O–H groups in total. The second-order valence-corrected chi connectivity index (χ2v) is 5.70. The predicted octanol–water partition coefficient (Wildman–Crippen LogP) is 4.69. The van der Waals surface area contributed by atoms with Gasteiger partial charge in [0.15, 0.2) is 5.82 Å². The van der Waals surface area contributed by atoms with Crippen molar-refractivity contribution in [1.29, 1.82) is 0 Å². The molecule has 0 fully saturated rings. The number of hydrogen-bond donors (Lipinski definition) is 2. The van der Waals surface area contributed by atoms with Crippen molar-refractivity contribution in [2.75, 3.05) is 17.7 Å². The topological polar surface area (TPSA) is 72.0 Å². The van der Waals surface area contributed by atoms with Gasteiger partial charge >= 0.3 is 6.18 Å². The van der Waals surface area contributed by atoms with Crippen molar-refractivity contribution in [3.63, 3.8) is 0 Å². The quantitative estimate of drug-likeness (QED) is 0.674. The minimum atomic E-state index is -4.43. The first-order chi connectivity index (χ1) is 12.8. The Kier molecular flexibility index (Phi) is 5.11. The van der Waals surface area contributed by atoms with Gasteiger partial charge in [0.25, 0.3) is 0 Å². The van der Waals surface area contributed by atoms with Gasteiger partial charge in [0.1, 0.15) is 5.75 Å². The molecule has 0 saturated carbocycles. The molecule has 0 bridgehead atoms. The molecule has 0 spiro atoms. The SMILES string of the molecule is COc1ccc(C)cc1Nc1cnnc(Nc2cccc(C(F)(F)F)c2)n1. The van der Waals surface area contributed by atoms with Crippen molar-refractivity contribution in [3.05, 3.63) is 59.8 Å². The zero-order valence-corrected chi connectivity index (χ0v) is 14.5. The van der Waals surface area contributed by atoms with Crippen LogP contribution < -0.4 is 15.4 Å². The molecule has 0 unspecified atom stereocenters. The lowest BCUT2D eigenvalue weighted by Gasteiger charge is -2.12. The van der Waals surface area contributed by atoms with E-state index in [0.29, 0.717) is 17.3 Å². The number of rotatable bonds is 5. The van der Waals surface area contributed by atoms with E-state index in [4.69, 9.17) is 4.74 Å². The van der Waals surface area contributed by atoms with E-state index in [-0.39, 0.29) is 11.6 Å². The molecule has 3 rings (SSSR count). The molecule has 1 heterocycles. The van der Waals surface area contributed by atoms with E-state index in [2.05, 4.69) is 25.8 Å². The zero-order chi connectivity index (χ0) is 19.4. The summed E-state index contributed by atoms with van der Waals surface area (Å²) >= 11 is 0. The highest BCUT2D eigenvalue weighted by Crippen LogP contribution is 2.31. The highest BCUT2D eigenvalue weighted by Gasteiger charge is 2.30. The second-order valence-electron chi connectivity index (χ2n) is 5.70. The van der Waals surface area contributed by atoms with Crippen LogP contribution >= 0.6 is 0 Å². The molecule has 2 aromatic carbocycles. The summed E-state index contributed by atoms with van der Waals surface area (Å²) in [7, 11) is 1.55. The molecule has 0 atom stereocenters. The Bertz CT molecular complexity index is 946. The minimum absolute atomic E-state index is 0.0611. The average molecular weight is 375 g/mol. The Labute approximate surface area is 153 Å². The number of alkyl halides is 3. The summed E-state index contributed by atoms with van der Waals surface area (Å²) < 4.78 is 43.8. The highest BCUT2D eigenvalue weighted by molar-refractivity contribution is 5.65. The highest BCUT2D eigenvalue weighted by atomic mass is 19.4.